The van der Waals surface area contributed by atoms with E-state index in [2.05, 4.69) is 34.4 Å². The van der Waals surface area contributed by atoms with Crippen molar-refractivity contribution in [3.63, 3.8) is 0 Å². The van der Waals surface area contributed by atoms with Crippen molar-refractivity contribution in [2.24, 2.45) is 5.92 Å². The third kappa shape index (κ3) is 12.2. The van der Waals surface area contributed by atoms with Crippen LogP contribution in [0.4, 0.5) is 0 Å². The largest absolute Gasteiger partial charge is 0.459 e. The topological polar surface area (TPSA) is 93.2 Å². The predicted octanol–water partition coefficient (Wildman–Crippen LogP) is 4.03. The minimum absolute atomic E-state index is 0.169. The fourth-order valence-corrected chi connectivity index (χ4v) is 2.98. The molecule has 0 unspecified atom stereocenters. The number of aromatic nitrogens is 2. The van der Waals surface area contributed by atoms with Gasteiger partial charge in [-0.15, -0.1) is 0 Å². The molecule has 33 heavy (non-hydrogen) atoms. The van der Waals surface area contributed by atoms with Gasteiger partial charge in [-0.05, 0) is 64.8 Å². The van der Waals surface area contributed by atoms with Crippen LogP contribution in [0.1, 0.15) is 68.6 Å². The number of nitrogens with zero attached hydrogens (tertiary/aromatic N) is 2. The first kappa shape index (κ1) is 28.4. The van der Waals surface area contributed by atoms with Crippen molar-refractivity contribution in [2.45, 2.75) is 73.1 Å². The molecule has 2 aromatic heterocycles. The quantitative estimate of drug-likeness (QED) is 0.317. The van der Waals surface area contributed by atoms with Gasteiger partial charge in [-0.1, -0.05) is 32.4 Å². The Balaban J connectivity index is 0.000000502. The Morgan fingerprint density at radius 1 is 1.06 bits per heavy atom. The van der Waals surface area contributed by atoms with Gasteiger partial charge in [0.05, 0.1) is 5.69 Å². The number of aldehydes is 1. The molecule has 0 bridgehead atoms. The SMILES string of the molecule is CC[C@H](C)[C@H](NCCNCc1cccc(C)n1)C(=O)OC(C)(C)C.Cc1cccc(C=O)n1. The number of esters is 1. The van der Waals surface area contributed by atoms with Gasteiger partial charge in [-0.3, -0.25) is 19.6 Å². The highest BCUT2D eigenvalue weighted by molar-refractivity contribution is 5.76. The van der Waals surface area contributed by atoms with Crippen molar-refractivity contribution in [3.05, 3.63) is 59.2 Å². The third-order valence-electron chi connectivity index (χ3n) is 4.82. The van der Waals surface area contributed by atoms with Crippen molar-refractivity contribution in [3.8, 4) is 0 Å². The van der Waals surface area contributed by atoms with Crippen molar-refractivity contribution >= 4 is 12.3 Å². The van der Waals surface area contributed by atoms with E-state index in [1.807, 2.05) is 65.0 Å². The number of rotatable bonds is 10. The maximum atomic E-state index is 12.4. The van der Waals surface area contributed by atoms with Crippen LogP contribution in [-0.2, 0) is 16.1 Å². The van der Waals surface area contributed by atoms with Crippen molar-refractivity contribution in [1.82, 2.24) is 20.6 Å². The van der Waals surface area contributed by atoms with Crippen LogP contribution in [0.5, 0.6) is 0 Å². The van der Waals surface area contributed by atoms with Crippen LogP contribution >= 0.6 is 0 Å². The molecule has 182 valence electrons. The average molecular weight is 457 g/mol. The second-order valence-corrected chi connectivity index (χ2v) is 9.12. The molecule has 0 aliphatic carbocycles. The van der Waals surface area contributed by atoms with Gasteiger partial charge < -0.3 is 15.4 Å². The smallest absolute Gasteiger partial charge is 0.323 e. The van der Waals surface area contributed by atoms with Crippen LogP contribution in [0.25, 0.3) is 0 Å². The number of carbonyl (C=O) groups is 2. The highest BCUT2D eigenvalue weighted by atomic mass is 16.6. The highest BCUT2D eigenvalue weighted by Gasteiger charge is 2.28. The van der Waals surface area contributed by atoms with E-state index in [-0.39, 0.29) is 17.9 Å². The number of nitrogens with one attached hydrogen (secondary N) is 2. The summed E-state index contributed by atoms with van der Waals surface area (Å²) in [6, 6.07) is 11.1. The Labute approximate surface area is 198 Å². The van der Waals surface area contributed by atoms with Gasteiger partial charge in [0.1, 0.15) is 17.3 Å². The summed E-state index contributed by atoms with van der Waals surface area (Å²) in [6.07, 6.45) is 1.67. The van der Waals surface area contributed by atoms with Crippen LogP contribution in [0.15, 0.2) is 36.4 Å². The average Bonchev–Trinajstić information content (AvgIpc) is 2.75. The maximum absolute atomic E-state index is 12.4. The summed E-state index contributed by atoms with van der Waals surface area (Å²) in [4.78, 5) is 30.8. The minimum Gasteiger partial charge on any atom is -0.459 e. The van der Waals surface area contributed by atoms with E-state index in [1.165, 1.54) is 0 Å². The molecule has 2 rings (SSSR count). The van der Waals surface area contributed by atoms with E-state index < -0.39 is 5.60 Å². The number of aryl methyl sites for hydroxylation is 2. The molecule has 7 nitrogen and oxygen atoms in total. The summed E-state index contributed by atoms with van der Waals surface area (Å²) in [7, 11) is 0. The van der Waals surface area contributed by atoms with E-state index >= 15 is 0 Å². The van der Waals surface area contributed by atoms with Gasteiger partial charge in [0.2, 0.25) is 0 Å². The molecule has 0 aliphatic rings. The molecule has 2 atom stereocenters. The van der Waals surface area contributed by atoms with Crippen molar-refractivity contribution in [2.75, 3.05) is 13.1 Å². The fraction of sp³-hybridized carbons (Fsp3) is 0.538. The molecule has 7 heteroatoms. The monoisotopic (exact) mass is 456 g/mol. The Bertz CT molecular complexity index is 865. The van der Waals surface area contributed by atoms with Crippen molar-refractivity contribution < 1.29 is 14.3 Å². The van der Waals surface area contributed by atoms with E-state index in [0.29, 0.717) is 12.2 Å². The van der Waals surface area contributed by atoms with Gasteiger partial charge in [0.25, 0.3) is 0 Å². The fourth-order valence-electron chi connectivity index (χ4n) is 2.98. The zero-order valence-corrected chi connectivity index (χ0v) is 21.1. The standard InChI is InChI=1S/C19H33N3O2.C7H7NO/c1-7-14(2)17(18(23)24-19(4,5)6)21-12-11-20-13-16-10-8-9-15(3)22-16;1-6-3-2-4-7(5-9)8-6/h8-10,14,17,20-21H,7,11-13H2,1-6H3;2-5H,1H3/t14-,17-;/m0./s1. The molecule has 0 aliphatic heterocycles. The molecule has 0 radical (unpaired) electrons. The molecule has 2 aromatic rings. The predicted molar refractivity (Wildman–Crippen MR) is 132 cm³/mol. The van der Waals surface area contributed by atoms with E-state index in [1.54, 1.807) is 6.07 Å². The lowest BCUT2D eigenvalue weighted by Gasteiger charge is -2.27. The summed E-state index contributed by atoms with van der Waals surface area (Å²) in [5.74, 6) is 0.0653. The zero-order valence-electron chi connectivity index (χ0n) is 21.1. The van der Waals surface area contributed by atoms with E-state index in [9.17, 15) is 9.59 Å². The van der Waals surface area contributed by atoms with E-state index in [4.69, 9.17) is 4.74 Å². The Morgan fingerprint density at radius 3 is 2.21 bits per heavy atom. The zero-order chi connectivity index (χ0) is 24.9. The molecule has 0 fully saturated rings. The second-order valence-electron chi connectivity index (χ2n) is 9.12. The molecule has 0 saturated heterocycles. The van der Waals surface area contributed by atoms with Crippen molar-refractivity contribution in [1.29, 1.82) is 0 Å². The van der Waals surface area contributed by atoms with Crippen LogP contribution in [0, 0.1) is 19.8 Å². The number of hydrogen-bond donors (Lipinski definition) is 2. The molecular formula is C26H40N4O3. The highest BCUT2D eigenvalue weighted by Crippen LogP contribution is 2.14. The van der Waals surface area contributed by atoms with Gasteiger partial charge in [0, 0.05) is 31.0 Å². The molecule has 2 N–H and O–H groups in total. The molecule has 0 amide bonds. The second kappa shape index (κ2) is 14.5. The minimum atomic E-state index is -0.459. The van der Waals surface area contributed by atoms with Gasteiger partial charge in [0.15, 0.2) is 6.29 Å². The third-order valence-corrected chi connectivity index (χ3v) is 4.82. The van der Waals surface area contributed by atoms with Gasteiger partial charge >= 0.3 is 5.97 Å². The van der Waals surface area contributed by atoms with Crippen LogP contribution < -0.4 is 10.6 Å². The van der Waals surface area contributed by atoms with Crippen LogP contribution in [-0.4, -0.2) is 47.0 Å². The summed E-state index contributed by atoms with van der Waals surface area (Å²) in [5.41, 5.74) is 2.96. The Hall–Kier alpha value is -2.64. The van der Waals surface area contributed by atoms with Gasteiger partial charge in [-0.25, -0.2) is 0 Å². The first-order valence-corrected chi connectivity index (χ1v) is 11.5. The molecule has 0 saturated carbocycles. The van der Waals surface area contributed by atoms with Crippen LogP contribution in [0.3, 0.4) is 0 Å². The maximum Gasteiger partial charge on any atom is 0.323 e. The lowest BCUT2D eigenvalue weighted by atomic mass is 9.99. The number of pyridine rings is 2. The summed E-state index contributed by atoms with van der Waals surface area (Å²) >= 11 is 0. The Kier molecular flexibility index (Phi) is 12.5. The summed E-state index contributed by atoms with van der Waals surface area (Å²) in [5, 5.41) is 6.68. The number of hydrogen-bond acceptors (Lipinski definition) is 7. The summed E-state index contributed by atoms with van der Waals surface area (Å²) < 4.78 is 5.53. The first-order valence-electron chi connectivity index (χ1n) is 11.5. The van der Waals surface area contributed by atoms with E-state index in [0.717, 1.165) is 42.9 Å². The number of carbonyl (C=O) groups excluding carboxylic acids is 2. The summed E-state index contributed by atoms with van der Waals surface area (Å²) in [6.45, 7) is 15.9. The Morgan fingerprint density at radius 2 is 1.70 bits per heavy atom. The molecule has 0 spiro atoms. The lowest BCUT2D eigenvalue weighted by molar-refractivity contribution is -0.159. The number of ether oxygens (including phenoxy) is 1. The molecule has 2 heterocycles. The normalized spacial score (nSPS) is 12.8. The lowest BCUT2D eigenvalue weighted by Crippen LogP contribution is -2.47. The van der Waals surface area contributed by atoms with Gasteiger partial charge in [-0.2, -0.15) is 0 Å². The molecule has 0 aromatic carbocycles. The first-order chi connectivity index (χ1) is 15.6. The molecular weight excluding hydrogens is 416 g/mol. The van der Waals surface area contributed by atoms with Crippen LogP contribution in [0.2, 0.25) is 0 Å².